The first kappa shape index (κ1) is 46.4. The van der Waals surface area contributed by atoms with Gasteiger partial charge in [0.2, 0.25) is 0 Å². The van der Waals surface area contributed by atoms with E-state index in [1.807, 2.05) is 0 Å². The van der Waals surface area contributed by atoms with E-state index < -0.39 is 44.2 Å². The molecule has 22 heteroatoms. The minimum atomic E-state index is -4.08. The van der Waals surface area contributed by atoms with Crippen LogP contribution in [0.25, 0.3) is 0 Å². The Morgan fingerprint density at radius 3 is 1.12 bits per heavy atom. The lowest BCUT2D eigenvalue weighted by molar-refractivity contribution is 0.0500. The molecule has 6 unspecified atom stereocenters. The summed E-state index contributed by atoms with van der Waals surface area (Å²) >= 11 is 13.5. The lowest BCUT2D eigenvalue weighted by Crippen LogP contribution is -2.30. The van der Waals surface area contributed by atoms with Gasteiger partial charge in [-0.25, -0.2) is 0 Å². The van der Waals surface area contributed by atoms with Gasteiger partial charge in [0.15, 0.2) is 0 Å². The van der Waals surface area contributed by atoms with E-state index in [2.05, 4.69) is 40.2 Å². The van der Waals surface area contributed by atoms with Crippen molar-refractivity contribution in [3.05, 3.63) is 0 Å². The molecule has 0 bridgehead atoms. The Morgan fingerprint density at radius 1 is 0.542 bits per heavy atom. The fraction of sp³-hybridized carbons (Fsp3) is 0.885. The van der Waals surface area contributed by atoms with Crippen molar-refractivity contribution in [1.82, 2.24) is 15.0 Å². The van der Waals surface area contributed by atoms with Crippen LogP contribution >= 0.6 is 79.9 Å². The molecule has 1 aromatic rings. The van der Waals surface area contributed by atoms with Crippen LogP contribution in [0.4, 0.5) is 0 Å². The summed E-state index contributed by atoms with van der Waals surface area (Å²) in [6, 6.07) is 0.0575. The van der Waals surface area contributed by atoms with E-state index in [0.29, 0.717) is 48.0 Å². The van der Waals surface area contributed by atoms with Gasteiger partial charge in [0.1, 0.15) is 0 Å². The molecule has 0 radical (unpaired) electrons. The maximum absolute atomic E-state index is 10.9. The number of thiol groups is 2. The Labute approximate surface area is 309 Å². The first-order chi connectivity index (χ1) is 22.9. The molecule has 0 spiro atoms. The first-order valence-electron chi connectivity index (χ1n) is 15.2. The van der Waals surface area contributed by atoms with E-state index in [4.69, 9.17) is 24.0 Å². The quantitative estimate of drug-likeness (QED) is 0.0275. The van der Waals surface area contributed by atoms with E-state index in [1.165, 1.54) is 47.0 Å². The van der Waals surface area contributed by atoms with Crippen molar-refractivity contribution in [2.75, 3.05) is 83.5 Å². The number of ether oxygens (including phenoxy) is 3. The number of nitrogens with zero attached hydrogens (tertiary/aromatic N) is 3. The van der Waals surface area contributed by atoms with Gasteiger partial charge in [0.05, 0.1) is 62.6 Å². The Balaban J connectivity index is 2.51. The van der Waals surface area contributed by atoms with E-state index in [9.17, 15) is 35.2 Å². The SMILES string of the molecule is O=P(O)(O)CCSCC(O)C(O)CSCCCOc1nc(OCCCSCC(O)C(O)CS)nc(OCCCSCC(O)C(O)CS)n1. The molecule has 1 rings (SSSR count). The summed E-state index contributed by atoms with van der Waals surface area (Å²) < 4.78 is 28.0. The van der Waals surface area contributed by atoms with Crippen LogP contribution in [0.5, 0.6) is 18.0 Å². The summed E-state index contributed by atoms with van der Waals surface area (Å²) in [5, 5.41) is 59.1. The Bertz CT molecular complexity index is 968. The maximum Gasteiger partial charge on any atom is 0.326 e. The number of aromatic nitrogens is 3. The molecular weight excluding hydrogens is 770 g/mol. The molecule has 0 aliphatic heterocycles. The largest absolute Gasteiger partial charge is 0.463 e. The fourth-order valence-electron chi connectivity index (χ4n) is 3.17. The summed E-state index contributed by atoms with van der Waals surface area (Å²) in [6.07, 6.45) is -3.89. The van der Waals surface area contributed by atoms with Crippen LogP contribution in [0.3, 0.4) is 0 Å². The van der Waals surface area contributed by atoms with E-state index in [-0.39, 0.29) is 72.8 Å². The standard InChI is InChI=1S/C26H50N3O12PS6/c30-18(12-43)20(32)14-45-8-1-4-39-24-27-25(40-5-2-9-46-15-21(33)19(31)13-44)29-26(28-24)41-6-3-10-47-16-22(34)23(35)17-48-11-7-42(36,37)38/h18-23,30-35,43-44H,1-17H2,(H2,36,37,38). The van der Waals surface area contributed by atoms with Gasteiger partial charge in [0, 0.05) is 40.3 Å². The third-order valence-electron chi connectivity index (χ3n) is 5.95. The number of rotatable bonds is 31. The summed E-state index contributed by atoms with van der Waals surface area (Å²) in [5.74, 6) is 3.70. The molecule has 0 aromatic carbocycles. The third kappa shape index (κ3) is 23.8. The number of aliphatic hydroxyl groups excluding tert-OH is 6. The first-order valence-corrected chi connectivity index (χ1v) is 22.8. The Hall–Kier alpha value is 0.420. The lowest BCUT2D eigenvalue weighted by Gasteiger charge is -2.17. The molecule has 282 valence electrons. The zero-order valence-corrected chi connectivity index (χ0v) is 32.5. The second kappa shape index (κ2) is 28.0. The molecule has 15 nitrogen and oxygen atoms in total. The molecule has 0 amide bonds. The summed E-state index contributed by atoms with van der Waals surface area (Å²) in [7, 11) is -4.08. The number of aliphatic hydroxyl groups is 6. The molecule has 8 N–H and O–H groups in total. The van der Waals surface area contributed by atoms with Crippen molar-refractivity contribution in [1.29, 1.82) is 0 Å². The molecule has 1 heterocycles. The predicted molar refractivity (Wildman–Crippen MR) is 200 cm³/mol. The number of hydrogen-bond donors (Lipinski definition) is 10. The van der Waals surface area contributed by atoms with Gasteiger partial charge in [-0.2, -0.15) is 72.3 Å². The van der Waals surface area contributed by atoms with Gasteiger partial charge in [-0.1, -0.05) is 0 Å². The zero-order chi connectivity index (χ0) is 35.8. The molecule has 0 aliphatic rings. The summed E-state index contributed by atoms with van der Waals surface area (Å²) in [5.41, 5.74) is 0. The Morgan fingerprint density at radius 2 is 0.833 bits per heavy atom. The van der Waals surface area contributed by atoms with Gasteiger partial charge in [-0.15, -0.1) is 15.0 Å². The number of thioether (sulfide) groups is 4. The zero-order valence-electron chi connectivity index (χ0n) is 26.5. The van der Waals surface area contributed by atoms with Crippen molar-refractivity contribution in [2.45, 2.75) is 55.9 Å². The monoisotopic (exact) mass is 819 g/mol. The molecule has 0 fully saturated rings. The van der Waals surface area contributed by atoms with Crippen molar-refractivity contribution < 1.29 is 59.2 Å². The molecule has 0 saturated heterocycles. The van der Waals surface area contributed by atoms with Crippen LogP contribution in [0.1, 0.15) is 19.3 Å². The van der Waals surface area contributed by atoms with Crippen LogP contribution in [-0.4, -0.2) is 176 Å². The highest BCUT2D eigenvalue weighted by Gasteiger charge is 2.19. The highest BCUT2D eigenvalue weighted by Crippen LogP contribution is 2.34. The van der Waals surface area contributed by atoms with Gasteiger partial charge in [0.25, 0.3) is 0 Å². The van der Waals surface area contributed by atoms with Gasteiger partial charge < -0.3 is 54.6 Å². The normalized spacial score (nSPS) is 15.8. The van der Waals surface area contributed by atoms with Gasteiger partial charge in [-0.3, -0.25) is 4.57 Å². The highest BCUT2D eigenvalue weighted by atomic mass is 32.2. The predicted octanol–water partition coefficient (Wildman–Crippen LogP) is 0.314. The lowest BCUT2D eigenvalue weighted by atomic mass is 10.3. The van der Waals surface area contributed by atoms with Crippen molar-refractivity contribution in [3.8, 4) is 18.0 Å². The summed E-state index contributed by atoms with van der Waals surface area (Å²) in [4.78, 5) is 30.4. The van der Waals surface area contributed by atoms with Gasteiger partial charge >= 0.3 is 25.6 Å². The minimum Gasteiger partial charge on any atom is -0.463 e. The molecule has 6 atom stereocenters. The maximum atomic E-state index is 10.9. The summed E-state index contributed by atoms with van der Waals surface area (Å²) in [6.45, 7) is 0.817. The van der Waals surface area contributed by atoms with Crippen molar-refractivity contribution in [2.24, 2.45) is 0 Å². The minimum absolute atomic E-state index is 0.0132. The van der Waals surface area contributed by atoms with Crippen molar-refractivity contribution >= 4 is 79.9 Å². The fourth-order valence-corrected chi connectivity index (χ4v) is 8.62. The number of hydrogen-bond acceptors (Lipinski definition) is 19. The molecule has 48 heavy (non-hydrogen) atoms. The second-order valence-electron chi connectivity index (χ2n) is 10.2. The van der Waals surface area contributed by atoms with Crippen LogP contribution in [0.15, 0.2) is 0 Å². The third-order valence-corrected chi connectivity index (χ3v) is 12.3. The molecular formula is C26H50N3O12PS6. The molecule has 1 aromatic heterocycles. The Kier molecular flexibility index (Phi) is 27.1. The topological polar surface area (TPSA) is 245 Å². The molecule has 0 aliphatic carbocycles. The van der Waals surface area contributed by atoms with Gasteiger partial charge in [-0.05, 0) is 36.5 Å². The average molecular weight is 820 g/mol. The molecule has 0 saturated carbocycles. The second-order valence-corrected chi connectivity index (χ2v) is 17.4. The van der Waals surface area contributed by atoms with E-state index >= 15 is 0 Å². The van der Waals surface area contributed by atoms with E-state index in [1.54, 1.807) is 0 Å². The average Bonchev–Trinajstić information content (AvgIpc) is 3.05. The smallest absolute Gasteiger partial charge is 0.326 e. The van der Waals surface area contributed by atoms with Crippen LogP contribution in [0, 0.1) is 0 Å². The van der Waals surface area contributed by atoms with Crippen LogP contribution in [0.2, 0.25) is 0 Å². The van der Waals surface area contributed by atoms with Crippen molar-refractivity contribution in [3.63, 3.8) is 0 Å². The van der Waals surface area contributed by atoms with Crippen LogP contribution < -0.4 is 14.2 Å². The van der Waals surface area contributed by atoms with E-state index in [0.717, 1.165) is 0 Å². The van der Waals surface area contributed by atoms with Crippen LogP contribution in [-0.2, 0) is 4.57 Å². The highest BCUT2D eigenvalue weighted by molar-refractivity contribution is 8.00.